The maximum atomic E-state index is 13.2. The van der Waals surface area contributed by atoms with Crippen LogP contribution in [0.15, 0.2) is 36.4 Å². The number of methoxy groups -OCH3 is 2. The Bertz CT molecular complexity index is 609. The van der Waals surface area contributed by atoms with Crippen molar-refractivity contribution in [1.82, 2.24) is 0 Å². The Labute approximate surface area is 121 Å². The van der Waals surface area contributed by atoms with Crippen molar-refractivity contribution in [2.75, 3.05) is 14.2 Å². The standard InChI is InChI=1S/C16H16F2O3/c1-20-15-4-3-10(6-16(15)21-2)5-14(19)11-7-12(17)9-13(18)8-11/h3-4,6-9,14,19H,5H2,1-2H3. The second-order valence-corrected chi connectivity index (χ2v) is 4.61. The topological polar surface area (TPSA) is 38.7 Å². The lowest BCUT2D eigenvalue weighted by molar-refractivity contribution is 0.177. The molecule has 112 valence electrons. The van der Waals surface area contributed by atoms with Crippen LogP contribution in [0.25, 0.3) is 0 Å². The Morgan fingerprint density at radius 2 is 1.57 bits per heavy atom. The van der Waals surface area contributed by atoms with Crippen molar-refractivity contribution >= 4 is 0 Å². The fraction of sp³-hybridized carbons (Fsp3) is 0.250. The SMILES string of the molecule is COc1ccc(CC(O)c2cc(F)cc(F)c2)cc1OC. The Kier molecular flexibility index (Phi) is 4.75. The van der Waals surface area contributed by atoms with E-state index >= 15 is 0 Å². The van der Waals surface area contributed by atoms with E-state index in [-0.39, 0.29) is 12.0 Å². The van der Waals surface area contributed by atoms with Crippen LogP contribution < -0.4 is 9.47 Å². The van der Waals surface area contributed by atoms with Gasteiger partial charge in [0.1, 0.15) is 11.6 Å². The zero-order chi connectivity index (χ0) is 15.4. The first kappa shape index (κ1) is 15.3. The van der Waals surface area contributed by atoms with Gasteiger partial charge in [-0.25, -0.2) is 8.78 Å². The van der Waals surface area contributed by atoms with E-state index < -0.39 is 17.7 Å². The average molecular weight is 294 g/mol. The fourth-order valence-electron chi connectivity index (χ4n) is 2.12. The van der Waals surface area contributed by atoms with E-state index in [4.69, 9.17) is 9.47 Å². The molecule has 3 nitrogen and oxygen atoms in total. The van der Waals surface area contributed by atoms with Crippen LogP contribution in [-0.4, -0.2) is 19.3 Å². The fourth-order valence-corrected chi connectivity index (χ4v) is 2.12. The summed E-state index contributed by atoms with van der Waals surface area (Å²) in [5.41, 5.74) is 0.965. The highest BCUT2D eigenvalue weighted by Gasteiger charge is 2.13. The van der Waals surface area contributed by atoms with Crippen LogP contribution in [0.5, 0.6) is 11.5 Å². The minimum atomic E-state index is -1.01. The summed E-state index contributed by atoms with van der Waals surface area (Å²) in [6, 6.07) is 8.21. The number of hydrogen-bond acceptors (Lipinski definition) is 3. The lowest BCUT2D eigenvalue weighted by atomic mass is 10.0. The van der Waals surface area contributed by atoms with Gasteiger partial charge in [0.25, 0.3) is 0 Å². The Hall–Kier alpha value is -2.14. The lowest BCUT2D eigenvalue weighted by Crippen LogP contribution is -2.03. The van der Waals surface area contributed by atoms with Crippen molar-refractivity contribution in [3.05, 3.63) is 59.2 Å². The molecular formula is C16H16F2O3. The predicted molar refractivity (Wildman–Crippen MR) is 74.6 cm³/mol. The Morgan fingerprint density at radius 1 is 0.952 bits per heavy atom. The summed E-state index contributed by atoms with van der Waals surface area (Å²) in [6.07, 6.45) is -0.795. The molecule has 1 unspecified atom stereocenters. The third-order valence-corrected chi connectivity index (χ3v) is 3.15. The molecule has 5 heteroatoms. The molecule has 0 aliphatic heterocycles. The van der Waals surface area contributed by atoms with Gasteiger partial charge in [0.2, 0.25) is 0 Å². The van der Waals surface area contributed by atoms with E-state index in [2.05, 4.69) is 0 Å². The van der Waals surface area contributed by atoms with Crippen molar-refractivity contribution in [2.24, 2.45) is 0 Å². The lowest BCUT2D eigenvalue weighted by Gasteiger charge is -2.13. The number of benzene rings is 2. The van der Waals surface area contributed by atoms with Gasteiger partial charge < -0.3 is 14.6 Å². The molecule has 0 aliphatic rings. The third kappa shape index (κ3) is 3.70. The summed E-state index contributed by atoms with van der Waals surface area (Å²) in [4.78, 5) is 0. The highest BCUT2D eigenvalue weighted by molar-refractivity contribution is 5.43. The smallest absolute Gasteiger partial charge is 0.160 e. The number of halogens is 2. The number of aliphatic hydroxyl groups excluding tert-OH is 1. The molecule has 0 radical (unpaired) electrons. The van der Waals surface area contributed by atoms with E-state index in [1.807, 2.05) is 0 Å². The van der Waals surface area contributed by atoms with E-state index in [0.717, 1.165) is 23.8 Å². The van der Waals surface area contributed by atoms with E-state index in [0.29, 0.717) is 11.5 Å². The summed E-state index contributed by atoms with van der Waals surface area (Å²) in [6.45, 7) is 0. The van der Waals surface area contributed by atoms with Gasteiger partial charge in [-0.2, -0.15) is 0 Å². The van der Waals surface area contributed by atoms with Crippen molar-refractivity contribution in [2.45, 2.75) is 12.5 Å². The maximum absolute atomic E-state index is 13.2. The zero-order valence-corrected chi connectivity index (χ0v) is 11.8. The van der Waals surface area contributed by atoms with Gasteiger partial charge in [-0.05, 0) is 35.4 Å². The van der Waals surface area contributed by atoms with Gasteiger partial charge in [-0.15, -0.1) is 0 Å². The summed E-state index contributed by atoms with van der Waals surface area (Å²) in [7, 11) is 3.04. The van der Waals surface area contributed by atoms with Crippen molar-refractivity contribution in [1.29, 1.82) is 0 Å². The highest BCUT2D eigenvalue weighted by Crippen LogP contribution is 2.29. The molecule has 0 saturated carbocycles. The molecule has 21 heavy (non-hydrogen) atoms. The average Bonchev–Trinajstić information content (AvgIpc) is 2.46. The molecule has 0 spiro atoms. The Balaban J connectivity index is 2.20. The predicted octanol–water partition coefficient (Wildman–Crippen LogP) is 3.26. The highest BCUT2D eigenvalue weighted by atomic mass is 19.1. The van der Waals surface area contributed by atoms with Gasteiger partial charge in [-0.1, -0.05) is 6.07 Å². The molecule has 0 heterocycles. The molecule has 2 rings (SSSR count). The molecule has 2 aromatic rings. The zero-order valence-electron chi connectivity index (χ0n) is 11.8. The molecule has 0 amide bonds. The summed E-state index contributed by atoms with van der Waals surface area (Å²) < 4.78 is 36.6. The number of ether oxygens (including phenoxy) is 2. The number of aliphatic hydroxyl groups is 1. The first-order valence-electron chi connectivity index (χ1n) is 6.38. The van der Waals surface area contributed by atoms with Crippen LogP contribution in [-0.2, 0) is 6.42 Å². The molecule has 1 N–H and O–H groups in total. The summed E-state index contributed by atoms with van der Waals surface area (Å²) in [5.74, 6) is -0.312. The van der Waals surface area contributed by atoms with Gasteiger partial charge >= 0.3 is 0 Å². The minimum absolute atomic E-state index is 0.197. The molecule has 2 aromatic carbocycles. The quantitative estimate of drug-likeness (QED) is 0.920. The second kappa shape index (κ2) is 6.54. The molecule has 0 bridgehead atoms. The molecule has 1 atom stereocenters. The van der Waals surface area contributed by atoms with E-state index in [1.165, 1.54) is 14.2 Å². The third-order valence-electron chi connectivity index (χ3n) is 3.15. The molecule has 0 aromatic heterocycles. The first-order valence-corrected chi connectivity index (χ1v) is 6.38. The van der Waals surface area contributed by atoms with Crippen LogP contribution in [0.3, 0.4) is 0 Å². The van der Waals surface area contributed by atoms with Gasteiger partial charge in [0.05, 0.1) is 20.3 Å². The maximum Gasteiger partial charge on any atom is 0.160 e. The van der Waals surface area contributed by atoms with Gasteiger partial charge in [0, 0.05) is 12.5 Å². The molecule has 0 saturated heterocycles. The van der Waals surface area contributed by atoms with Crippen molar-refractivity contribution in [3.63, 3.8) is 0 Å². The monoisotopic (exact) mass is 294 g/mol. The normalized spacial score (nSPS) is 12.0. The summed E-state index contributed by atoms with van der Waals surface area (Å²) >= 11 is 0. The molecule has 0 fully saturated rings. The number of hydrogen-bond donors (Lipinski definition) is 1. The van der Waals surface area contributed by atoms with Crippen LogP contribution in [0.1, 0.15) is 17.2 Å². The van der Waals surface area contributed by atoms with Gasteiger partial charge in [0.15, 0.2) is 11.5 Å². The Morgan fingerprint density at radius 3 is 2.14 bits per heavy atom. The molecular weight excluding hydrogens is 278 g/mol. The largest absolute Gasteiger partial charge is 0.493 e. The van der Waals surface area contributed by atoms with Crippen LogP contribution in [0.4, 0.5) is 8.78 Å². The second-order valence-electron chi connectivity index (χ2n) is 4.61. The summed E-state index contributed by atoms with van der Waals surface area (Å²) in [5, 5.41) is 10.1. The first-order chi connectivity index (χ1) is 10.0. The van der Waals surface area contributed by atoms with Crippen LogP contribution >= 0.6 is 0 Å². The molecule has 0 aliphatic carbocycles. The van der Waals surface area contributed by atoms with Gasteiger partial charge in [-0.3, -0.25) is 0 Å². The van der Waals surface area contributed by atoms with Crippen LogP contribution in [0.2, 0.25) is 0 Å². The van der Waals surface area contributed by atoms with Crippen molar-refractivity contribution in [3.8, 4) is 11.5 Å². The van der Waals surface area contributed by atoms with Crippen LogP contribution in [0, 0.1) is 11.6 Å². The van der Waals surface area contributed by atoms with E-state index in [1.54, 1.807) is 18.2 Å². The van der Waals surface area contributed by atoms with E-state index in [9.17, 15) is 13.9 Å². The number of rotatable bonds is 5. The van der Waals surface area contributed by atoms with Crippen molar-refractivity contribution < 1.29 is 23.4 Å². The minimum Gasteiger partial charge on any atom is -0.493 e.